The van der Waals surface area contributed by atoms with Crippen molar-refractivity contribution in [3.8, 4) is 11.5 Å². The molecular formula is C15H9ClN2O3. The Morgan fingerprint density at radius 1 is 1.19 bits per heavy atom. The van der Waals surface area contributed by atoms with Gasteiger partial charge in [-0.2, -0.15) is 0 Å². The van der Waals surface area contributed by atoms with Gasteiger partial charge in [0.15, 0.2) is 5.75 Å². The van der Waals surface area contributed by atoms with Crippen LogP contribution in [0.5, 0.6) is 11.5 Å². The van der Waals surface area contributed by atoms with Gasteiger partial charge in [0, 0.05) is 23.8 Å². The van der Waals surface area contributed by atoms with Crippen LogP contribution in [0.3, 0.4) is 0 Å². The molecule has 6 heteroatoms. The summed E-state index contributed by atoms with van der Waals surface area (Å²) in [4.78, 5) is 19.4. The van der Waals surface area contributed by atoms with Crippen molar-refractivity contribution < 1.29 is 14.6 Å². The summed E-state index contributed by atoms with van der Waals surface area (Å²) in [5, 5.41) is 10.3. The van der Waals surface area contributed by atoms with Crippen molar-refractivity contribution in [2.45, 2.75) is 0 Å². The first kappa shape index (κ1) is 13.3. The minimum Gasteiger partial charge on any atom is -0.477 e. The number of halogens is 1. The average molecular weight is 301 g/mol. The normalized spacial score (nSPS) is 10.5. The van der Waals surface area contributed by atoms with Crippen molar-refractivity contribution in [2.75, 3.05) is 0 Å². The molecule has 0 bridgehead atoms. The number of pyridine rings is 2. The quantitative estimate of drug-likeness (QED) is 0.797. The molecule has 2 heterocycles. The molecule has 0 atom stereocenters. The van der Waals surface area contributed by atoms with Crippen molar-refractivity contribution in [1.29, 1.82) is 0 Å². The van der Waals surface area contributed by atoms with Crippen LogP contribution in [0.1, 0.15) is 10.4 Å². The zero-order valence-electron chi connectivity index (χ0n) is 10.7. The Kier molecular flexibility index (Phi) is 3.41. The van der Waals surface area contributed by atoms with Crippen LogP contribution in [0.4, 0.5) is 0 Å². The Morgan fingerprint density at radius 2 is 2.00 bits per heavy atom. The van der Waals surface area contributed by atoms with Gasteiger partial charge < -0.3 is 9.84 Å². The largest absolute Gasteiger partial charge is 0.477 e. The zero-order valence-corrected chi connectivity index (χ0v) is 11.4. The number of rotatable bonds is 3. The summed E-state index contributed by atoms with van der Waals surface area (Å²) in [6.07, 6.45) is 4.21. The van der Waals surface area contributed by atoms with Gasteiger partial charge in [-0.3, -0.25) is 9.97 Å². The maximum absolute atomic E-state index is 11.4. The molecule has 0 aliphatic rings. The molecule has 2 aromatic heterocycles. The van der Waals surface area contributed by atoms with Gasteiger partial charge in [0.2, 0.25) is 0 Å². The van der Waals surface area contributed by atoms with Crippen LogP contribution in [0, 0.1) is 0 Å². The molecule has 0 saturated carbocycles. The van der Waals surface area contributed by atoms with Crippen LogP contribution in [0.25, 0.3) is 10.9 Å². The predicted octanol–water partition coefficient (Wildman–Crippen LogP) is 3.77. The highest BCUT2D eigenvalue weighted by Gasteiger charge is 2.16. The van der Waals surface area contributed by atoms with Crippen molar-refractivity contribution in [1.82, 2.24) is 9.97 Å². The summed E-state index contributed by atoms with van der Waals surface area (Å²) >= 11 is 5.86. The van der Waals surface area contributed by atoms with Crippen LogP contribution in [-0.4, -0.2) is 21.0 Å². The minimum atomic E-state index is -1.11. The Bertz CT molecular complexity index is 836. The molecule has 3 rings (SSSR count). The Hall–Kier alpha value is -2.66. The van der Waals surface area contributed by atoms with Crippen LogP contribution in [0.2, 0.25) is 5.02 Å². The number of carboxylic acid groups (broad SMARTS) is 1. The van der Waals surface area contributed by atoms with Crippen LogP contribution >= 0.6 is 11.6 Å². The van der Waals surface area contributed by atoms with Gasteiger partial charge in [-0.1, -0.05) is 23.7 Å². The molecule has 3 aromatic rings. The second-order valence-corrected chi connectivity index (χ2v) is 4.70. The minimum absolute atomic E-state index is 0.0197. The number of aromatic carboxylic acids is 1. The average Bonchev–Trinajstić information content (AvgIpc) is 2.47. The molecule has 0 saturated heterocycles. The van der Waals surface area contributed by atoms with Crippen molar-refractivity contribution >= 4 is 28.5 Å². The first-order valence-electron chi connectivity index (χ1n) is 6.04. The smallest absolute Gasteiger partial charge is 0.341 e. The topological polar surface area (TPSA) is 72.3 Å². The van der Waals surface area contributed by atoms with Gasteiger partial charge in [0.1, 0.15) is 11.3 Å². The maximum atomic E-state index is 11.4. The highest BCUT2D eigenvalue weighted by molar-refractivity contribution is 6.30. The molecule has 0 aliphatic heterocycles. The monoisotopic (exact) mass is 300 g/mol. The highest BCUT2D eigenvalue weighted by Crippen LogP contribution is 2.32. The van der Waals surface area contributed by atoms with E-state index in [0.717, 1.165) is 0 Å². The lowest BCUT2D eigenvalue weighted by atomic mass is 10.1. The molecule has 0 radical (unpaired) electrons. The number of carbonyl (C=O) groups is 1. The van der Waals surface area contributed by atoms with Gasteiger partial charge in [0.25, 0.3) is 0 Å². The lowest BCUT2D eigenvalue weighted by Crippen LogP contribution is -2.02. The van der Waals surface area contributed by atoms with Gasteiger partial charge in [-0.15, -0.1) is 0 Å². The van der Waals surface area contributed by atoms with Crippen molar-refractivity contribution in [3.05, 3.63) is 59.5 Å². The standard InChI is InChI=1S/C15H9ClN2O3/c16-9-5-10(7-17-6-9)21-14-11-3-1-2-4-13(11)18-8-12(14)15(19)20/h1-8H,(H,19,20). The Labute approximate surface area is 124 Å². The summed E-state index contributed by atoms with van der Waals surface area (Å²) in [7, 11) is 0. The van der Waals surface area contributed by atoms with E-state index < -0.39 is 5.97 Å². The summed E-state index contributed by atoms with van der Waals surface area (Å²) in [5.41, 5.74) is 0.626. The predicted molar refractivity (Wildman–Crippen MR) is 78.0 cm³/mol. The lowest BCUT2D eigenvalue weighted by molar-refractivity contribution is 0.0694. The van der Waals surface area contributed by atoms with Crippen molar-refractivity contribution in [3.63, 3.8) is 0 Å². The zero-order chi connectivity index (χ0) is 14.8. The number of hydrogen-bond donors (Lipinski definition) is 1. The van der Waals surface area contributed by atoms with Gasteiger partial charge in [0.05, 0.1) is 16.7 Å². The van der Waals surface area contributed by atoms with E-state index in [2.05, 4.69) is 9.97 Å². The van der Waals surface area contributed by atoms with Gasteiger partial charge in [-0.05, 0) is 12.1 Å². The summed E-state index contributed by atoms with van der Waals surface area (Å²) in [6.45, 7) is 0. The number of ether oxygens (including phenoxy) is 1. The fraction of sp³-hybridized carbons (Fsp3) is 0. The van der Waals surface area contributed by atoms with Gasteiger partial charge in [-0.25, -0.2) is 4.79 Å². The van der Waals surface area contributed by atoms with Crippen LogP contribution in [0.15, 0.2) is 48.9 Å². The number of nitrogens with zero attached hydrogens (tertiary/aromatic N) is 2. The van der Waals surface area contributed by atoms with E-state index in [1.165, 1.54) is 18.6 Å². The SMILES string of the molecule is O=C(O)c1cnc2ccccc2c1Oc1cncc(Cl)c1. The molecule has 0 unspecified atom stereocenters. The Balaban J connectivity index is 2.18. The van der Waals surface area contributed by atoms with E-state index in [1.54, 1.807) is 24.3 Å². The maximum Gasteiger partial charge on any atom is 0.341 e. The molecular weight excluding hydrogens is 292 g/mol. The molecule has 104 valence electrons. The van der Waals surface area contributed by atoms with Crippen LogP contribution in [-0.2, 0) is 0 Å². The molecule has 0 amide bonds. The molecule has 1 aromatic carbocycles. The number of para-hydroxylation sites is 1. The van der Waals surface area contributed by atoms with Crippen LogP contribution < -0.4 is 4.74 Å². The van der Waals surface area contributed by atoms with E-state index in [-0.39, 0.29) is 11.3 Å². The first-order valence-corrected chi connectivity index (χ1v) is 6.42. The first-order chi connectivity index (χ1) is 10.1. The van der Waals surface area contributed by atoms with E-state index in [0.29, 0.717) is 21.7 Å². The summed E-state index contributed by atoms with van der Waals surface area (Å²) in [5.74, 6) is -0.531. The fourth-order valence-corrected chi connectivity index (χ4v) is 2.11. The van der Waals surface area contributed by atoms with Crippen molar-refractivity contribution in [2.24, 2.45) is 0 Å². The number of aromatic nitrogens is 2. The van der Waals surface area contributed by atoms with E-state index in [1.807, 2.05) is 6.07 Å². The number of benzene rings is 1. The summed E-state index contributed by atoms with van der Waals surface area (Å²) < 4.78 is 5.70. The summed E-state index contributed by atoms with van der Waals surface area (Å²) in [6, 6.07) is 8.71. The molecule has 0 spiro atoms. The van der Waals surface area contributed by atoms with Gasteiger partial charge >= 0.3 is 5.97 Å². The lowest BCUT2D eigenvalue weighted by Gasteiger charge is -2.11. The molecule has 1 N–H and O–H groups in total. The highest BCUT2D eigenvalue weighted by atomic mass is 35.5. The van der Waals surface area contributed by atoms with E-state index in [4.69, 9.17) is 16.3 Å². The molecule has 0 aliphatic carbocycles. The third-order valence-electron chi connectivity index (χ3n) is 2.86. The molecule has 5 nitrogen and oxygen atoms in total. The number of hydrogen-bond acceptors (Lipinski definition) is 4. The Morgan fingerprint density at radius 3 is 2.76 bits per heavy atom. The third kappa shape index (κ3) is 2.64. The second kappa shape index (κ2) is 5.38. The van der Waals surface area contributed by atoms with E-state index >= 15 is 0 Å². The number of carboxylic acids is 1. The van der Waals surface area contributed by atoms with E-state index in [9.17, 15) is 9.90 Å². The molecule has 21 heavy (non-hydrogen) atoms. The fourth-order valence-electron chi connectivity index (χ4n) is 1.94. The third-order valence-corrected chi connectivity index (χ3v) is 3.06. The molecule has 0 fully saturated rings. The second-order valence-electron chi connectivity index (χ2n) is 4.26. The number of fused-ring (bicyclic) bond motifs is 1.